The van der Waals surface area contributed by atoms with E-state index >= 15 is 0 Å². The number of rotatable bonds is 7. The van der Waals surface area contributed by atoms with Crippen LogP contribution >= 0.6 is 0 Å². The van der Waals surface area contributed by atoms with Crippen molar-refractivity contribution in [1.82, 2.24) is 15.3 Å². The maximum absolute atomic E-state index is 13.5. The van der Waals surface area contributed by atoms with E-state index in [4.69, 9.17) is 4.84 Å². The molecule has 1 N–H and O–H groups in total. The van der Waals surface area contributed by atoms with Crippen molar-refractivity contribution >= 4 is 23.4 Å². The van der Waals surface area contributed by atoms with Gasteiger partial charge in [-0.3, -0.25) is 24.1 Å². The van der Waals surface area contributed by atoms with E-state index in [1.165, 1.54) is 9.96 Å². The minimum Gasteiger partial charge on any atom is -0.378 e. The fourth-order valence-electron chi connectivity index (χ4n) is 4.57. The van der Waals surface area contributed by atoms with Crippen LogP contribution in [0.5, 0.6) is 0 Å². The van der Waals surface area contributed by atoms with Crippen LogP contribution in [0.15, 0.2) is 54.6 Å². The predicted molar refractivity (Wildman–Crippen MR) is 122 cm³/mol. The van der Waals surface area contributed by atoms with Gasteiger partial charge in [-0.15, -0.1) is 0 Å². The molecule has 33 heavy (non-hydrogen) atoms. The van der Waals surface area contributed by atoms with Gasteiger partial charge in [-0.1, -0.05) is 42.5 Å². The molecule has 3 fully saturated rings. The van der Waals surface area contributed by atoms with E-state index in [1.54, 1.807) is 0 Å². The number of hydroxylamine groups is 2. The summed E-state index contributed by atoms with van der Waals surface area (Å²) < 4.78 is 0. The van der Waals surface area contributed by atoms with Gasteiger partial charge in [-0.25, -0.2) is 0 Å². The van der Waals surface area contributed by atoms with E-state index < -0.39 is 18.1 Å². The molecule has 2 aromatic carbocycles. The molecule has 0 radical (unpaired) electrons. The molecular formula is C25H28N4O4. The number of imide groups is 1. The lowest BCUT2D eigenvalue weighted by Gasteiger charge is -2.27. The van der Waals surface area contributed by atoms with Crippen molar-refractivity contribution in [2.45, 2.75) is 37.6 Å². The molecule has 2 heterocycles. The Morgan fingerprint density at radius 2 is 1.73 bits per heavy atom. The number of hydrogen-bond acceptors (Lipinski definition) is 6. The summed E-state index contributed by atoms with van der Waals surface area (Å²) in [5.41, 5.74) is 2.74. The average molecular weight is 449 g/mol. The highest BCUT2D eigenvalue weighted by molar-refractivity contribution is 6.07. The zero-order valence-corrected chi connectivity index (χ0v) is 18.8. The monoisotopic (exact) mass is 448 g/mol. The molecular weight excluding hydrogens is 420 g/mol. The Bertz CT molecular complexity index is 1050. The standard InChI is InChI=1S/C25H28N4O4/c1-27(2)19-12-8-17(9-13-19)22-21-23(33-29(22)15-20(30)26-18-10-11-18)25(32)28(24(21)31)14-16-6-4-3-5-7-16/h3-9,12-13,18,21-23H,10-11,14-15H2,1-2H3,(H,26,30). The molecule has 8 heteroatoms. The number of carbonyl (C=O) groups excluding carboxylic acids is 3. The summed E-state index contributed by atoms with van der Waals surface area (Å²) in [6.07, 6.45) is 1.05. The summed E-state index contributed by atoms with van der Waals surface area (Å²) in [6, 6.07) is 17.0. The molecule has 3 atom stereocenters. The number of benzene rings is 2. The smallest absolute Gasteiger partial charge is 0.261 e. The van der Waals surface area contributed by atoms with Crippen LogP contribution in [0.1, 0.15) is 30.0 Å². The SMILES string of the molecule is CN(C)c1ccc(C2C3C(=O)N(Cc4ccccc4)C(=O)C3ON2CC(=O)NC2CC2)cc1. The molecule has 3 amide bonds. The molecule has 172 valence electrons. The molecule has 1 aliphatic carbocycles. The van der Waals surface area contributed by atoms with E-state index in [2.05, 4.69) is 5.32 Å². The van der Waals surface area contributed by atoms with Crippen LogP contribution < -0.4 is 10.2 Å². The Hall–Kier alpha value is -3.23. The third kappa shape index (κ3) is 4.24. The minimum absolute atomic E-state index is 0.0250. The lowest BCUT2D eigenvalue weighted by Crippen LogP contribution is -2.41. The van der Waals surface area contributed by atoms with Crippen molar-refractivity contribution in [3.63, 3.8) is 0 Å². The zero-order chi connectivity index (χ0) is 23.1. The second-order valence-electron chi connectivity index (χ2n) is 9.15. The fourth-order valence-corrected chi connectivity index (χ4v) is 4.57. The van der Waals surface area contributed by atoms with Gasteiger partial charge in [0.2, 0.25) is 11.8 Å². The Labute approximate surface area is 193 Å². The maximum atomic E-state index is 13.5. The van der Waals surface area contributed by atoms with Crippen molar-refractivity contribution in [3.05, 3.63) is 65.7 Å². The van der Waals surface area contributed by atoms with Gasteiger partial charge < -0.3 is 10.2 Å². The number of hydrogen-bond donors (Lipinski definition) is 1. The lowest BCUT2D eigenvalue weighted by atomic mass is 9.90. The number of likely N-dealkylation sites (tertiary alicyclic amines) is 1. The lowest BCUT2D eigenvalue weighted by molar-refractivity contribution is -0.182. The normalized spacial score (nSPS) is 24.8. The third-order valence-corrected chi connectivity index (χ3v) is 6.46. The van der Waals surface area contributed by atoms with Gasteiger partial charge in [0, 0.05) is 25.8 Å². The first-order chi connectivity index (χ1) is 15.9. The molecule has 2 saturated heterocycles. The average Bonchev–Trinajstić information content (AvgIpc) is 3.50. The Morgan fingerprint density at radius 3 is 2.36 bits per heavy atom. The Balaban J connectivity index is 1.42. The first-order valence-corrected chi connectivity index (χ1v) is 11.3. The van der Waals surface area contributed by atoms with Crippen LogP contribution in [-0.4, -0.2) is 60.5 Å². The van der Waals surface area contributed by atoms with Crippen molar-refractivity contribution in [3.8, 4) is 0 Å². The third-order valence-electron chi connectivity index (χ3n) is 6.46. The number of fused-ring (bicyclic) bond motifs is 1. The van der Waals surface area contributed by atoms with Crippen LogP contribution in [0, 0.1) is 5.92 Å². The summed E-state index contributed by atoms with van der Waals surface area (Å²) in [6.45, 7) is 0.187. The highest BCUT2D eigenvalue weighted by atomic mass is 16.7. The van der Waals surface area contributed by atoms with Crippen LogP contribution in [-0.2, 0) is 25.8 Å². The fraction of sp³-hybridized carbons (Fsp3) is 0.400. The Kier molecular flexibility index (Phi) is 5.64. The molecule has 0 aromatic heterocycles. The van der Waals surface area contributed by atoms with Crippen molar-refractivity contribution in [2.75, 3.05) is 25.5 Å². The van der Waals surface area contributed by atoms with Gasteiger partial charge in [-0.05, 0) is 36.1 Å². The second kappa shape index (κ2) is 8.61. The first kappa shape index (κ1) is 21.6. The highest BCUT2D eigenvalue weighted by Crippen LogP contribution is 2.45. The van der Waals surface area contributed by atoms with E-state index in [1.807, 2.05) is 73.6 Å². The summed E-state index contributed by atoms with van der Waals surface area (Å²) in [7, 11) is 3.91. The number of anilines is 1. The summed E-state index contributed by atoms with van der Waals surface area (Å²) in [5.74, 6) is -1.47. The second-order valence-corrected chi connectivity index (χ2v) is 9.15. The molecule has 0 spiro atoms. The number of nitrogens with one attached hydrogen (secondary N) is 1. The molecule has 3 aliphatic rings. The molecule has 0 bridgehead atoms. The summed E-state index contributed by atoms with van der Waals surface area (Å²) >= 11 is 0. The number of amides is 3. The van der Waals surface area contributed by atoms with E-state index in [0.29, 0.717) is 0 Å². The number of carbonyl (C=O) groups is 3. The van der Waals surface area contributed by atoms with E-state index in [9.17, 15) is 14.4 Å². The quantitative estimate of drug-likeness (QED) is 0.652. The Morgan fingerprint density at radius 1 is 1.03 bits per heavy atom. The summed E-state index contributed by atoms with van der Waals surface area (Å²) in [4.78, 5) is 48.5. The van der Waals surface area contributed by atoms with Crippen LogP contribution in [0.2, 0.25) is 0 Å². The van der Waals surface area contributed by atoms with E-state index in [0.717, 1.165) is 29.7 Å². The summed E-state index contributed by atoms with van der Waals surface area (Å²) in [5, 5.41) is 4.48. The van der Waals surface area contributed by atoms with Crippen molar-refractivity contribution < 1.29 is 19.2 Å². The maximum Gasteiger partial charge on any atom is 0.261 e. The van der Waals surface area contributed by atoms with Gasteiger partial charge in [0.25, 0.3) is 5.91 Å². The van der Waals surface area contributed by atoms with Gasteiger partial charge in [0.15, 0.2) is 6.10 Å². The molecule has 2 aliphatic heterocycles. The molecule has 2 aromatic rings. The number of nitrogens with zero attached hydrogens (tertiary/aromatic N) is 3. The van der Waals surface area contributed by atoms with Gasteiger partial charge in [0.1, 0.15) is 6.54 Å². The molecule has 1 saturated carbocycles. The zero-order valence-electron chi connectivity index (χ0n) is 18.8. The predicted octanol–water partition coefficient (Wildman–Crippen LogP) is 1.87. The van der Waals surface area contributed by atoms with Gasteiger partial charge in [-0.2, -0.15) is 5.06 Å². The first-order valence-electron chi connectivity index (χ1n) is 11.3. The largest absolute Gasteiger partial charge is 0.378 e. The molecule has 8 nitrogen and oxygen atoms in total. The van der Waals surface area contributed by atoms with E-state index in [-0.39, 0.29) is 36.9 Å². The van der Waals surface area contributed by atoms with Crippen molar-refractivity contribution in [2.24, 2.45) is 5.92 Å². The highest BCUT2D eigenvalue weighted by Gasteiger charge is 2.59. The van der Waals surface area contributed by atoms with Crippen LogP contribution in [0.25, 0.3) is 0 Å². The topological polar surface area (TPSA) is 82.2 Å². The molecule has 3 unspecified atom stereocenters. The van der Waals surface area contributed by atoms with Crippen LogP contribution in [0.3, 0.4) is 0 Å². The van der Waals surface area contributed by atoms with Crippen molar-refractivity contribution in [1.29, 1.82) is 0 Å². The van der Waals surface area contributed by atoms with Gasteiger partial charge in [0.05, 0.1) is 18.5 Å². The minimum atomic E-state index is -0.923. The van der Waals surface area contributed by atoms with Gasteiger partial charge >= 0.3 is 0 Å². The van der Waals surface area contributed by atoms with Crippen LogP contribution in [0.4, 0.5) is 5.69 Å². The molecule has 5 rings (SSSR count).